The summed E-state index contributed by atoms with van der Waals surface area (Å²) in [7, 11) is 1.62. The molecule has 1 aliphatic heterocycles. The number of rotatable bonds is 6. The molecule has 0 atom stereocenters. The third kappa shape index (κ3) is 3.80. The smallest absolute Gasteiger partial charge is 0.330 e. The highest BCUT2D eigenvalue weighted by Gasteiger charge is 2.34. The lowest BCUT2D eigenvalue weighted by Gasteiger charge is -2.13. The highest BCUT2D eigenvalue weighted by atomic mass is 16.5. The predicted octanol–water partition coefficient (Wildman–Crippen LogP) is 3.70. The maximum Gasteiger partial charge on any atom is 0.330 e. The van der Waals surface area contributed by atoms with Gasteiger partial charge in [-0.05, 0) is 52.7 Å². The van der Waals surface area contributed by atoms with Gasteiger partial charge in [-0.1, -0.05) is 30.3 Å². The number of imide groups is 1. The molecule has 30 heavy (non-hydrogen) atoms. The van der Waals surface area contributed by atoms with E-state index in [1.807, 2.05) is 36.4 Å². The van der Waals surface area contributed by atoms with Crippen molar-refractivity contribution in [3.63, 3.8) is 0 Å². The van der Waals surface area contributed by atoms with E-state index in [4.69, 9.17) is 9.47 Å². The van der Waals surface area contributed by atoms with Gasteiger partial charge in [0.25, 0.3) is 11.8 Å². The van der Waals surface area contributed by atoms with Crippen LogP contribution in [0.3, 0.4) is 0 Å². The molecule has 0 fully saturated rings. The molecule has 0 aliphatic carbocycles. The number of hydrogen-bond donors (Lipinski definition) is 0. The summed E-state index contributed by atoms with van der Waals surface area (Å²) in [5.74, 6) is -0.487. The zero-order valence-electron chi connectivity index (χ0n) is 16.3. The minimum Gasteiger partial charge on any atom is -0.497 e. The maximum atomic E-state index is 12.3. The number of fused-ring (bicyclic) bond motifs is 2. The average molecular weight is 401 g/mol. The number of benzene rings is 3. The number of ether oxygens (including phenoxy) is 2. The van der Waals surface area contributed by atoms with Gasteiger partial charge in [-0.15, -0.1) is 0 Å². The summed E-state index contributed by atoms with van der Waals surface area (Å²) in [4.78, 5) is 37.7. The minimum absolute atomic E-state index is 0.0176. The number of carbonyl (C=O) groups is 3. The molecule has 4 rings (SSSR count). The van der Waals surface area contributed by atoms with Gasteiger partial charge in [-0.3, -0.25) is 14.5 Å². The standard InChI is InChI=1S/C24H19NO5/c1-29-19-10-9-17-14-16(6-8-18(17)15-19)7-11-22(26)30-13-12-25-23(27)20-4-2-3-5-21(20)24(25)28/h2-11,14-15H,12-13H2,1H3/b11-7+. The van der Waals surface area contributed by atoms with Gasteiger partial charge >= 0.3 is 5.97 Å². The molecule has 6 heteroatoms. The molecule has 0 N–H and O–H groups in total. The highest BCUT2D eigenvalue weighted by Crippen LogP contribution is 2.23. The van der Waals surface area contributed by atoms with E-state index < -0.39 is 5.97 Å². The number of carbonyl (C=O) groups excluding carboxylic acids is 3. The van der Waals surface area contributed by atoms with E-state index in [2.05, 4.69) is 0 Å². The van der Waals surface area contributed by atoms with E-state index >= 15 is 0 Å². The molecule has 150 valence electrons. The second kappa shape index (κ2) is 8.21. The van der Waals surface area contributed by atoms with Crippen LogP contribution < -0.4 is 4.74 Å². The fraction of sp³-hybridized carbons (Fsp3) is 0.125. The van der Waals surface area contributed by atoms with Crippen LogP contribution >= 0.6 is 0 Å². The van der Waals surface area contributed by atoms with Crippen LogP contribution in [-0.2, 0) is 9.53 Å². The molecule has 3 aromatic rings. The highest BCUT2D eigenvalue weighted by molar-refractivity contribution is 6.21. The van der Waals surface area contributed by atoms with Gasteiger partial charge in [0.15, 0.2) is 0 Å². The Morgan fingerprint density at radius 1 is 0.933 bits per heavy atom. The second-order valence-electron chi connectivity index (χ2n) is 6.78. The minimum atomic E-state index is -0.540. The summed E-state index contributed by atoms with van der Waals surface area (Å²) in [5.41, 5.74) is 1.61. The monoisotopic (exact) mass is 401 g/mol. The Labute approximate surface area is 173 Å². The molecule has 1 heterocycles. The van der Waals surface area contributed by atoms with Crippen LogP contribution in [0, 0.1) is 0 Å². The zero-order chi connectivity index (χ0) is 21.1. The first-order chi connectivity index (χ1) is 14.6. The van der Waals surface area contributed by atoms with Gasteiger partial charge in [-0.25, -0.2) is 4.79 Å². The Balaban J connectivity index is 1.33. The molecule has 0 unspecified atom stereocenters. The molecule has 0 bridgehead atoms. The lowest BCUT2D eigenvalue weighted by atomic mass is 10.1. The predicted molar refractivity (Wildman–Crippen MR) is 112 cm³/mol. The molecule has 0 spiro atoms. The normalized spacial score (nSPS) is 13.2. The Bertz CT molecular complexity index is 1150. The van der Waals surface area contributed by atoms with E-state index in [1.54, 1.807) is 37.5 Å². The summed E-state index contributed by atoms with van der Waals surface area (Å²) in [5, 5.41) is 2.06. The molecule has 3 aromatic carbocycles. The number of esters is 1. The van der Waals surface area contributed by atoms with E-state index in [1.165, 1.54) is 6.08 Å². The van der Waals surface area contributed by atoms with Gasteiger partial charge in [0, 0.05) is 6.08 Å². The van der Waals surface area contributed by atoms with Crippen LogP contribution in [0.15, 0.2) is 66.7 Å². The van der Waals surface area contributed by atoms with Crippen LogP contribution in [0.5, 0.6) is 5.75 Å². The molecule has 0 aromatic heterocycles. The van der Waals surface area contributed by atoms with Crippen molar-refractivity contribution < 1.29 is 23.9 Å². The van der Waals surface area contributed by atoms with Crippen LogP contribution in [0.1, 0.15) is 26.3 Å². The van der Waals surface area contributed by atoms with Crippen molar-refractivity contribution in [3.05, 3.63) is 83.4 Å². The Kier molecular flexibility index (Phi) is 5.30. The fourth-order valence-corrected chi connectivity index (χ4v) is 3.37. The van der Waals surface area contributed by atoms with Gasteiger partial charge < -0.3 is 9.47 Å². The second-order valence-corrected chi connectivity index (χ2v) is 6.78. The van der Waals surface area contributed by atoms with Crippen molar-refractivity contribution in [2.45, 2.75) is 0 Å². The van der Waals surface area contributed by atoms with E-state index in [-0.39, 0.29) is 25.0 Å². The zero-order valence-corrected chi connectivity index (χ0v) is 16.3. The fourth-order valence-electron chi connectivity index (χ4n) is 3.37. The van der Waals surface area contributed by atoms with E-state index in [0.717, 1.165) is 27.0 Å². The number of amides is 2. The number of nitrogens with zero attached hydrogens (tertiary/aromatic N) is 1. The Hall–Kier alpha value is -3.93. The Morgan fingerprint density at radius 2 is 1.60 bits per heavy atom. The van der Waals surface area contributed by atoms with E-state index in [0.29, 0.717) is 11.1 Å². The molecule has 0 saturated carbocycles. The summed E-state index contributed by atoms with van der Waals surface area (Å²) >= 11 is 0. The molecular formula is C24H19NO5. The first-order valence-corrected chi connectivity index (χ1v) is 9.45. The summed E-state index contributed by atoms with van der Waals surface area (Å²) in [6.45, 7) is -0.0457. The van der Waals surface area contributed by atoms with Crippen LogP contribution in [-0.4, -0.2) is 42.9 Å². The SMILES string of the molecule is COc1ccc2cc(/C=C/C(=O)OCCN3C(=O)c4ccccc4C3=O)ccc2c1. The largest absolute Gasteiger partial charge is 0.497 e. The number of hydrogen-bond acceptors (Lipinski definition) is 5. The van der Waals surface area contributed by atoms with Gasteiger partial charge in [-0.2, -0.15) is 0 Å². The molecular weight excluding hydrogens is 382 g/mol. The Morgan fingerprint density at radius 3 is 2.30 bits per heavy atom. The van der Waals surface area contributed by atoms with E-state index in [9.17, 15) is 14.4 Å². The summed E-state index contributed by atoms with van der Waals surface area (Å²) in [6, 6.07) is 18.2. The summed E-state index contributed by atoms with van der Waals surface area (Å²) in [6.07, 6.45) is 2.99. The first-order valence-electron chi connectivity index (χ1n) is 9.45. The van der Waals surface area contributed by atoms with Crippen LogP contribution in [0.4, 0.5) is 0 Å². The molecule has 6 nitrogen and oxygen atoms in total. The van der Waals surface area contributed by atoms with Crippen molar-refractivity contribution >= 4 is 34.6 Å². The van der Waals surface area contributed by atoms with Crippen LogP contribution in [0.2, 0.25) is 0 Å². The maximum absolute atomic E-state index is 12.3. The lowest BCUT2D eigenvalue weighted by Crippen LogP contribution is -2.33. The molecule has 0 radical (unpaired) electrons. The molecule has 0 saturated heterocycles. The lowest BCUT2D eigenvalue weighted by molar-refractivity contribution is -0.137. The molecule has 1 aliphatic rings. The molecule has 2 amide bonds. The average Bonchev–Trinajstić information content (AvgIpc) is 3.02. The quantitative estimate of drug-likeness (QED) is 0.358. The third-order valence-electron chi connectivity index (χ3n) is 4.92. The van der Waals surface area contributed by atoms with Gasteiger partial charge in [0.05, 0.1) is 24.8 Å². The van der Waals surface area contributed by atoms with Crippen molar-refractivity contribution in [2.75, 3.05) is 20.3 Å². The first kappa shape index (κ1) is 19.4. The summed E-state index contributed by atoms with van der Waals surface area (Å²) < 4.78 is 10.4. The van der Waals surface area contributed by atoms with Gasteiger partial charge in [0.1, 0.15) is 12.4 Å². The van der Waals surface area contributed by atoms with Crippen molar-refractivity contribution in [2.24, 2.45) is 0 Å². The topological polar surface area (TPSA) is 72.9 Å². The van der Waals surface area contributed by atoms with Crippen molar-refractivity contribution in [1.82, 2.24) is 4.90 Å². The van der Waals surface area contributed by atoms with Crippen LogP contribution in [0.25, 0.3) is 16.8 Å². The third-order valence-corrected chi connectivity index (χ3v) is 4.92. The van der Waals surface area contributed by atoms with Gasteiger partial charge in [0.2, 0.25) is 0 Å². The van der Waals surface area contributed by atoms with Crippen molar-refractivity contribution in [3.8, 4) is 5.75 Å². The number of methoxy groups -OCH3 is 1. The van der Waals surface area contributed by atoms with Crippen molar-refractivity contribution in [1.29, 1.82) is 0 Å².